The van der Waals surface area contributed by atoms with E-state index in [0.717, 1.165) is 21.2 Å². The molecule has 0 saturated heterocycles. The molecule has 1 unspecified atom stereocenters. The van der Waals surface area contributed by atoms with Gasteiger partial charge in [0, 0.05) is 9.75 Å². The lowest BCUT2D eigenvalue weighted by atomic mass is 10.1. The van der Waals surface area contributed by atoms with Gasteiger partial charge in [0.15, 0.2) is 0 Å². The van der Waals surface area contributed by atoms with Gasteiger partial charge in [-0.05, 0) is 42.0 Å². The highest BCUT2D eigenvalue weighted by atomic mass is 35.5. The Hall–Kier alpha value is -0.0200. The Morgan fingerprint density at radius 2 is 2.19 bits per heavy atom. The van der Waals surface area contributed by atoms with Crippen molar-refractivity contribution >= 4 is 45.9 Å². The molecule has 86 valence electrons. The first kappa shape index (κ1) is 12.4. The summed E-state index contributed by atoms with van der Waals surface area (Å²) in [4.78, 5) is 2.39. The molecule has 0 N–H and O–H groups in total. The zero-order valence-corrected chi connectivity index (χ0v) is 12.2. The molecule has 0 aromatic carbocycles. The molecule has 2 rings (SSSR count). The molecule has 0 fully saturated rings. The third-order valence-electron chi connectivity index (χ3n) is 2.52. The second kappa shape index (κ2) is 5.09. The smallest absolute Gasteiger partial charge is 0.102 e. The fraction of sp³-hybridized carbons (Fsp3) is 0.333. The Bertz CT molecular complexity index is 465. The van der Waals surface area contributed by atoms with Crippen LogP contribution in [-0.2, 0) is 6.42 Å². The molecule has 0 saturated carbocycles. The second-order valence-electron chi connectivity index (χ2n) is 3.63. The molecule has 0 aliphatic carbocycles. The van der Waals surface area contributed by atoms with Crippen molar-refractivity contribution in [2.24, 2.45) is 0 Å². The van der Waals surface area contributed by atoms with E-state index in [2.05, 4.69) is 24.4 Å². The van der Waals surface area contributed by atoms with Crippen molar-refractivity contribution in [1.29, 1.82) is 0 Å². The zero-order chi connectivity index (χ0) is 11.7. The summed E-state index contributed by atoms with van der Waals surface area (Å²) in [7, 11) is 0. The Labute approximate surface area is 114 Å². The number of hydrogen-bond donors (Lipinski definition) is 0. The lowest BCUT2D eigenvalue weighted by Crippen LogP contribution is -1.90. The highest BCUT2D eigenvalue weighted by molar-refractivity contribution is 7.17. The molecule has 0 bridgehead atoms. The van der Waals surface area contributed by atoms with Gasteiger partial charge in [-0.1, -0.05) is 18.5 Å². The minimum absolute atomic E-state index is 0.0499. The zero-order valence-electron chi connectivity index (χ0n) is 9.09. The van der Waals surface area contributed by atoms with Crippen LogP contribution in [0.15, 0.2) is 17.5 Å². The van der Waals surface area contributed by atoms with Gasteiger partial charge in [-0.15, -0.1) is 34.3 Å². The first-order valence-electron chi connectivity index (χ1n) is 5.09. The van der Waals surface area contributed by atoms with Crippen LogP contribution in [0.1, 0.15) is 33.2 Å². The highest BCUT2D eigenvalue weighted by Crippen LogP contribution is 2.40. The average Bonchev–Trinajstić information content (AvgIpc) is 2.85. The summed E-state index contributed by atoms with van der Waals surface area (Å²) in [6, 6.07) is 4.24. The monoisotopic (exact) mass is 290 g/mol. The number of halogens is 2. The highest BCUT2D eigenvalue weighted by Gasteiger charge is 2.18. The largest absolute Gasteiger partial charge is 0.147 e. The lowest BCUT2D eigenvalue weighted by Gasteiger charge is -2.07. The summed E-state index contributed by atoms with van der Waals surface area (Å²) in [5.74, 6) is 0. The first-order chi connectivity index (χ1) is 7.63. The van der Waals surface area contributed by atoms with Crippen LogP contribution in [0.3, 0.4) is 0 Å². The van der Waals surface area contributed by atoms with E-state index in [1.54, 1.807) is 22.7 Å². The van der Waals surface area contributed by atoms with E-state index in [0.29, 0.717) is 0 Å². The maximum atomic E-state index is 6.50. The van der Waals surface area contributed by atoms with Crippen LogP contribution in [0.5, 0.6) is 0 Å². The standard InChI is InChI=1S/C12H12Cl2S2/c1-3-8-4-5-15-11(8)10(13)9-6-7(2)12(14)16-9/h4-6,10H,3H2,1-2H3. The molecule has 1 atom stereocenters. The molecule has 0 spiro atoms. The van der Waals surface area contributed by atoms with Gasteiger partial charge in [0.25, 0.3) is 0 Å². The molecule has 4 heteroatoms. The van der Waals surface area contributed by atoms with Crippen molar-refractivity contribution in [3.8, 4) is 0 Å². The van der Waals surface area contributed by atoms with Gasteiger partial charge in [-0.25, -0.2) is 0 Å². The molecule has 0 aliphatic rings. The molecule has 0 nitrogen and oxygen atoms in total. The van der Waals surface area contributed by atoms with Crippen LogP contribution in [0.25, 0.3) is 0 Å². The predicted octanol–water partition coefficient (Wildman–Crippen LogP) is 5.66. The summed E-state index contributed by atoms with van der Waals surface area (Å²) >= 11 is 15.9. The Morgan fingerprint density at radius 1 is 1.44 bits per heavy atom. The SMILES string of the molecule is CCc1ccsc1C(Cl)c1cc(C)c(Cl)s1. The topological polar surface area (TPSA) is 0 Å². The third-order valence-corrected chi connectivity index (χ3v) is 5.87. The van der Waals surface area contributed by atoms with Crippen LogP contribution in [0.4, 0.5) is 0 Å². The number of aryl methyl sites for hydroxylation is 2. The number of alkyl halides is 1. The summed E-state index contributed by atoms with van der Waals surface area (Å²) in [6.07, 6.45) is 1.03. The fourth-order valence-electron chi connectivity index (χ4n) is 1.60. The van der Waals surface area contributed by atoms with Gasteiger partial charge in [-0.3, -0.25) is 0 Å². The molecular formula is C12H12Cl2S2. The van der Waals surface area contributed by atoms with Gasteiger partial charge in [-0.2, -0.15) is 0 Å². The second-order valence-corrected chi connectivity index (χ2v) is 6.70. The van der Waals surface area contributed by atoms with E-state index >= 15 is 0 Å². The summed E-state index contributed by atoms with van der Waals surface area (Å²) in [5, 5.41) is 2.05. The van der Waals surface area contributed by atoms with Crippen molar-refractivity contribution in [1.82, 2.24) is 0 Å². The Balaban J connectivity index is 2.35. The Morgan fingerprint density at radius 3 is 2.75 bits per heavy atom. The minimum atomic E-state index is -0.0499. The number of thiophene rings is 2. The normalized spacial score (nSPS) is 13.0. The molecule has 0 amide bonds. The van der Waals surface area contributed by atoms with Gasteiger partial charge in [0.05, 0.1) is 4.34 Å². The van der Waals surface area contributed by atoms with Gasteiger partial charge in [0.2, 0.25) is 0 Å². The van der Waals surface area contributed by atoms with E-state index in [4.69, 9.17) is 23.2 Å². The summed E-state index contributed by atoms with van der Waals surface area (Å²) < 4.78 is 0.843. The molecule has 0 radical (unpaired) electrons. The van der Waals surface area contributed by atoms with E-state index in [1.807, 2.05) is 6.92 Å². The van der Waals surface area contributed by atoms with E-state index in [9.17, 15) is 0 Å². The van der Waals surface area contributed by atoms with E-state index < -0.39 is 0 Å². The molecular weight excluding hydrogens is 279 g/mol. The van der Waals surface area contributed by atoms with Crippen molar-refractivity contribution in [2.75, 3.05) is 0 Å². The van der Waals surface area contributed by atoms with E-state index in [-0.39, 0.29) is 5.38 Å². The number of hydrogen-bond acceptors (Lipinski definition) is 2. The van der Waals surface area contributed by atoms with Crippen molar-refractivity contribution in [3.05, 3.63) is 42.7 Å². The maximum Gasteiger partial charge on any atom is 0.102 e. The fourth-order valence-corrected chi connectivity index (χ4v) is 4.36. The summed E-state index contributed by atoms with van der Waals surface area (Å²) in [5.41, 5.74) is 2.45. The quantitative estimate of drug-likeness (QED) is 0.640. The van der Waals surface area contributed by atoms with Crippen molar-refractivity contribution < 1.29 is 0 Å². The van der Waals surface area contributed by atoms with Gasteiger partial charge < -0.3 is 0 Å². The molecule has 2 aromatic rings. The van der Waals surface area contributed by atoms with Crippen LogP contribution in [0, 0.1) is 6.92 Å². The van der Waals surface area contributed by atoms with Gasteiger partial charge >= 0.3 is 0 Å². The average molecular weight is 291 g/mol. The summed E-state index contributed by atoms with van der Waals surface area (Å²) in [6.45, 7) is 4.17. The predicted molar refractivity (Wildman–Crippen MR) is 75.5 cm³/mol. The lowest BCUT2D eigenvalue weighted by molar-refractivity contribution is 1.09. The van der Waals surface area contributed by atoms with Crippen LogP contribution in [0.2, 0.25) is 4.34 Å². The van der Waals surface area contributed by atoms with Gasteiger partial charge in [0.1, 0.15) is 5.38 Å². The van der Waals surface area contributed by atoms with Crippen molar-refractivity contribution in [2.45, 2.75) is 25.6 Å². The first-order valence-corrected chi connectivity index (χ1v) is 7.60. The maximum absolute atomic E-state index is 6.50. The minimum Gasteiger partial charge on any atom is -0.147 e. The third kappa shape index (κ3) is 2.30. The van der Waals surface area contributed by atoms with Crippen LogP contribution >= 0.6 is 45.9 Å². The Kier molecular flexibility index (Phi) is 3.96. The molecule has 2 heterocycles. The molecule has 16 heavy (non-hydrogen) atoms. The van der Waals surface area contributed by atoms with Crippen molar-refractivity contribution in [3.63, 3.8) is 0 Å². The molecule has 0 aliphatic heterocycles. The van der Waals surface area contributed by atoms with Crippen LogP contribution < -0.4 is 0 Å². The number of rotatable bonds is 3. The van der Waals surface area contributed by atoms with E-state index in [1.165, 1.54) is 10.4 Å². The molecule has 2 aromatic heterocycles. The van der Waals surface area contributed by atoms with Crippen LogP contribution in [-0.4, -0.2) is 0 Å².